The van der Waals surface area contributed by atoms with Crippen LogP contribution < -0.4 is 16.1 Å². The Morgan fingerprint density at radius 2 is 1.67 bits per heavy atom. The van der Waals surface area contributed by atoms with Gasteiger partial charge in [0.1, 0.15) is 11.5 Å². The molecule has 152 valence electrons. The second-order valence-corrected chi connectivity index (χ2v) is 7.16. The van der Waals surface area contributed by atoms with Crippen LogP contribution in [0.3, 0.4) is 0 Å². The van der Waals surface area contributed by atoms with Crippen LogP contribution in [0.5, 0.6) is 0 Å². The van der Waals surface area contributed by atoms with E-state index in [0.29, 0.717) is 17.1 Å². The molecule has 1 fully saturated rings. The van der Waals surface area contributed by atoms with E-state index < -0.39 is 17.2 Å². The van der Waals surface area contributed by atoms with E-state index in [1.54, 1.807) is 43.3 Å². The van der Waals surface area contributed by atoms with Crippen molar-refractivity contribution in [3.8, 4) is 5.69 Å². The molecule has 1 aliphatic carbocycles. The van der Waals surface area contributed by atoms with Gasteiger partial charge in [-0.15, -0.1) is 0 Å². The number of anilines is 2. The third kappa shape index (κ3) is 4.12. The first-order valence-corrected chi connectivity index (χ1v) is 9.50. The molecule has 8 heteroatoms. The summed E-state index contributed by atoms with van der Waals surface area (Å²) in [5, 5.41) is 9.49. The fraction of sp³-hybridized carbons (Fsp3) is 0.182. The Kier molecular flexibility index (Phi) is 5.14. The number of hydrogen-bond acceptors (Lipinski definition) is 4. The molecular weight excluding hydrogens is 387 g/mol. The highest BCUT2D eigenvalue weighted by Gasteiger charge is 2.29. The van der Waals surface area contributed by atoms with Crippen LogP contribution in [0.4, 0.5) is 15.8 Å². The smallest absolute Gasteiger partial charge is 0.280 e. The van der Waals surface area contributed by atoms with Crippen LogP contribution in [-0.4, -0.2) is 21.6 Å². The minimum absolute atomic E-state index is 0.00987. The normalized spacial score (nSPS) is 13.0. The number of nitrogens with zero attached hydrogens (tertiary/aromatic N) is 2. The summed E-state index contributed by atoms with van der Waals surface area (Å²) in [4.78, 5) is 36.7. The maximum absolute atomic E-state index is 14.1. The number of carbonyl (C=O) groups excluding carboxylic acids is 2. The molecule has 0 saturated heterocycles. The number of halogens is 1. The molecule has 0 bridgehead atoms. The molecule has 0 radical (unpaired) electrons. The summed E-state index contributed by atoms with van der Waals surface area (Å²) < 4.78 is 15.4. The molecule has 0 aliphatic heterocycles. The van der Waals surface area contributed by atoms with Crippen molar-refractivity contribution < 1.29 is 14.0 Å². The molecule has 1 heterocycles. The first kappa shape index (κ1) is 19.5. The summed E-state index contributed by atoms with van der Waals surface area (Å²) in [7, 11) is 0. The second kappa shape index (κ2) is 7.90. The first-order chi connectivity index (χ1) is 14.4. The highest BCUT2D eigenvalue weighted by atomic mass is 19.1. The van der Waals surface area contributed by atoms with Gasteiger partial charge in [0.25, 0.3) is 5.91 Å². The summed E-state index contributed by atoms with van der Waals surface area (Å²) in [6.45, 7) is 1.61. The van der Waals surface area contributed by atoms with Gasteiger partial charge in [0.15, 0.2) is 5.69 Å². The predicted octanol–water partition coefficient (Wildman–Crippen LogP) is 3.28. The SMILES string of the molecule is Cc1cc(=O)c(C(=O)Nc2ccc(NC(=O)C3CC3)cc2)nn1-c1ccccc1F. The van der Waals surface area contributed by atoms with Gasteiger partial charge in [0, 0.05) is 29.1 Å². The monoisotopic (exact) mass is 406 g/mol. The van der Waals surface area contributed by atoms with Crippen LogP contribution in [0.15, 0.2) is 59.4 Å². The van der Waals surface area contributed by atoms with E-state index >= 15 is 0 Å². The van der Waals surface area contributed by atoms with E-state index in [-0.39, 0.29) is 23.2 Å². The van der Waals surface area contributed by atoms with Crippen molar-refractivity contribution >= 4 is 23.2 Å². The second-order valence-electron chi connectivity index (χ2n) is 7.16. The molecule has 2 amide bonds. The Hall–Kier alpha value is -3.81. The van der Waals surface area contributed by atoms with Crippen LogP contribution in [-0.2, 0) is 4.79 Å². The number of carbonyl (C=O) groups is 2. The number of hydrogen-bond donors (Lipinski definition) is 2. The number of aryl methyl sites for hydroxylation is 1. The molecule has 1 aliphatic rings. The van der Waals surface area contributed by atoms with Gasteiger partial charge in [-0.1, -0.05) is 12.1 Å². The molecule has 2 N–H and O–H groups in total. The van der Waals surface area contributed by atoms with Gasteiger partial charge in [0.05, 0.1) is 0 Å². The molecule has 7 nitrogen and oxygen atoms in total. The van der Waals surface area contributed by atoms with Gasteiger partial charge in [-0.2, -0.15) is 5.10 Å². The largest absolute Gasteiger partial charge is 0.326 e. The maximum Gasteiger partial charge on any atom is 0.280 e. The lowest BCUT2D eigenvalue weighted by atomic mass is 10.2. The van der Waals surface area contributed by atoms with Crippen molar-refractivity contribution in [2.75, 3.05) is 10.6 Å². The van der Waals surface area contributed by atoms with Crippen LogP contribution in [0, 0.1) is 18.7 Å². The predicted molar refractivity (Wildman–Crippen MR) is 110 cm³/mol. The molecule has 1 aromatic heterocycles. The summed E-state index contributed by atoms with van der Waals surface area (Å²) in [5.74, 6) is -1.15. The maximum atomic E-state index is 14.1. The van der Waals surface area contributed by atoms with Crippen molar-refractivity contribution in [2.24, 2.45) is 5.92 Å². The lowest BCUT2D eigenvalue weighted by Gasteiger charge is -2.12. The van der Waals surface area contributed by atoms with Gasteiger partial charge >= 0.3 is 0 Å². The van der Waals surface area contributed by atoms with Crippen molar-refractivity contribution in [1.82, 2.24) is 9.78 Å². The molecular formula is C22H19FN4O3. The first-order valence-electron chi connectivity index (χ1n) is 9.50. The molecule has 3 aromatic rings. The topological polar surface area (TPSA) is 93.1 Å². The molecule has 30 heavy (non-hydrogen) atoms. The van der Waals surface area contributed by atoms with Gasteiger partial charge in [-0.05, 0) is 56.2 Å². The van der Waals surface area contributed by atoms with E-state index in [1.165, 1.54) is 22.9 Å². The van der Waals surface area contributed by atoms with Gasteiger partial charge < -0.3 is 10.6 Å². The third-order valence-corrected chi connectivity index (χ3v) is 4.76. The molecule has 1 saturated carbocycles. The van der Waals surface area contributed by atoms with Crippen LogP contribution >= 0.6 is 0 Å². The van der Waals surface area contributed by atoms with Crippen molar-refractivity contribution in [2.45, 2.75) is 19.8 Å². The number of rotatable bonds is 5. The summed E-state index contributed by atoms with van der Waals surface area (Å²) in [6, 6.07) is 13.8. The van der Waals surface area contributed by atoms with E-state index in [0.717, 1.165) is 12.8 Å². The average Bonchev–Trinajstić information content (AvgIpc) is 3.56. The van der Waals surface area contributed by atoms with E-state index in [1.807, 2.05) is 0 Å². The number of nitrogens with one attached hydrogen (secondary N) is 2. The van der Waals surface area contributed by atoms with Crippen molar-refractivity contribution in [3.05, 3.63) is 82.0 Å². The zero-order chi connectivity index (χ0) is 21.3. The molecule has 0 spiro atoms. The highest BCUT2D eigenvalue weighted by Crippen LogP contribution is 2.30. The standard InChI is InChI=1S/C22H19FN4O3/c1-13-12-19(28)20(26-27(13)18-5-3-2-4-17(18)23)22(30)25-16-10-8-15(9-11-16)24-21(29)14-6-7-14/h2-5,8-12,14H,6-7H2,1H3,(H,24,29)(H,25,30). The summed E-state index contributed by atoms with van der Waals surface area (Å²) >= 11 is 0. The molecule has 0 unspecified atom stereocenters. The van der Waals surface area contributed by atoms with Gasteiger partial charge in [-0.3, -0.25) is 14.4 Å². The lowest BCUT2D eigenvalue weighted by molar-refractivity contribution is -0.117. The van der Waals surface area contributed by atoms with Gasteiger partial charge in [0.2, 0.25) is 11.3 Å². The Balaban J connectivity index is 1.54. The minimum atomic E-state index is -0.708. The Morgan fingerprint density at radius 3 is 2.30 bits per heavy atom. The fourth-order valence-corrected chi connectivity index (χ4v) is 2.99. The Labute approximate surface area is 171 Å². The zero-order valence-corrected chi connectivity index (χ0v) is 16.2. The summed E-state index contributed by atoms with van der Waals surface area (Å²) in [6.07, 6.45) is 1.82. The zero-order valence-electron chi connectivity index (χ0n) is 16.2. The van der Waals surface area contributed by atoms with Crippen LogP contribution in [0.2, 0.25) is 0 Å². The van der Waals surface area contributed by atoms with Crippen LogP contribution in [0.25, 0.3) is 5.69 Å². The Bertz CT molecular complexity index is 1180. The van der Waals surface area contributed by atoms with Crippen molar-refractivity contribution in [3.63, 3.8) is 0 Å². The van der Waals surface area contributed by atoms with Crippen molar-refractivity contribution in [1.29, 1.82) is 0 Å². The third-order valence-electron chi connectivity index (χ3n) is 4.76. The number of amides is 2. The average molecular weight is 406 g/mol. The number of benzene rings is 2. The Morgan fingerprint density at radius 1 is 1.03 bits per heavy atom. The van der Waals surface area contributed by atoms with E-state index in [9.17, 15) is 18.8 Å². The highest BCUT2D eigenvalue weighted by molar-refractivity contribution is 6.03. The van der Waals surface area contributed by atoms with E-state index in [2.05, 4.69) is 15.7 Å². The lowest BCUT2D eigenvalue weighted by Crippen LogP contribution is -2.27. The minimum Gasteiger partial charge on any atom is -0.326 e. The molecule has 0 atom stereocenters. The van der Waals surface area contributed by atoms with Crippen LogP contribution in [0.1, 0.15) is 29.0 Å². The van der Waals surface area contributed by atoms with Gasteiger partial charge in [-0.25, -0.2) is 9.07 Å². The van der Waals surface area contributed by atoms with E-state index in [4.69, 9.17) is 0 Å². The summed E-state index contributed by atoms with van der Waals surface area (Å²) in [5.41, 5.74) is 0.682. The fourth-order valence-electron chi connectivity index (χ4n) is 2.99. The number of para-hydroxylation sites is 1. The molecule has 4 rings (SSSR count). The number of aromatic nitrogens is 2. The quantitative estimate of drug-likeness (QED) is 0.680. The molecule has 2 aromatic carbocycles.